The molecule has 12 rings (SSSR count). The molecule has 6 aliphatic rings. The zero-order valence-corrected chi connectivity index (χ0v) is 82.2. The molecule has 6 saturated carbocycles. The van der Waals surface area contributed by atoms with Gasteiger partial charge in [-0.2, -0.15) is 0 Å². The molecular weight excluding hydrogens is 1760 g/mol. The maximum atomic E-state index is 13.8. The predicted octanol–water partition coefficient (Wildman–Crippen LogP) is 19.8. The van der Waals surface area contributed by atoms with Crippen molar-refractivity contribution >= 4 is 133 Å². The van der Waals surface area contributed by atoms with Gasteiger partial charge in [0.15, 0.2) is 0 Å². The lowest BCUT2D eigenvalue weighted by molar-refractivity contribution is -0.161. The van der Waals surface area contributed by atoms with E-state index in [2.05, 4.69) is 39.9 Å². The first kappa shape index (κ1) is 110. The number of carboxylic acids is 3. The van der Waals surface area contributed by atoms with Crippen molar-refractivity contribution < 1.29 is 117 Å². The van der Waals surface area contributed by atoms with Crippen LogP contribution in [-0.2, 0) is 71.6 Å². The third-order valence-electron chi connectivity index (χ3n) is 24.2. The number of carbonyl (C=O) groups is 12. The molecule has 31 heteroatoms. The summed E-state index contributed by atoms with van der Waals surface area (Å²) in [5.41, 5.74) is 4.79. The van der Waals surface area contributed by atoms with Gasteiger partial charge in [-0.15, -0.1) is 34.0 Å². The van der Waals surface area contributed by atoms with Gasteiger partial charge in [-0.1, -0.05) is 133 Å². The van der Waals surface area contributed by atoms with Crippen molar-refractivity contribution in [2.24, 2.45) is 71.0 Å². The first-order valence-electron chi connectivity index (χ1n) is 45.7. The van der Waals surface area contributed by atoms with E-state index in [-0.39, 0.29) is 81.9 Å². The molecule has 18 unspecified atom stereocenters. The Hall–Kier alpha value is -9.43. The molecule has 6 aliphatic carbocycles. The Bertz CT molecular complexity index is 4640. The van der Waals surface area contributed by atoms with Gasteiger partial charge in [0, 0.05) is 53.5 Å². The van der Waals surface area contributed by atoms with Crippen molar-refractivity contribution in [2.45, 2.75) is 281 Å². The van der Waals surface area contributed by atoms with Crippen LogP contribution in [0.1, 0.15) is 255 Å². The Kier molecular flexibility index (Phi) is 45.5. The number of aromatic carboxylic acids is 1. The molecule has 18 atom stereocenters. The molecule has 6 aromatic rings. The Morgan fingerprint density at radius 1 is 0.412 bits per heavy atom. The van der Waals surface area contributed by atoms with Crippen LogP contribution in [0.2, 0.25) is 0 Å². The number of methoxy groups -OCH3 is 2. The number of hydrogen-bond donors (Lipinski definition) is 7. The SMILES string of the molecule is CC(=O)OC1CC(C)CCC1C(=O)Cl.CC(=O)OC1CC(C)CCC1C(=O)O.CC1CCC(C(=O)N(c2cc(-c3ccccc3)sc2C(=O)O)C(C)C)C(O)C1.CC1CCC(C(=O)O)C(O)C1.CCOC(=O)C1CCC(C)CC1O.COC(=O)c1sc(-c2ccccc2)cc1N(C(=O)C1CCC(C)CC1OC(C)=O)C(C)C.COC(=O)c1sc(-c2ccccc2)cc1NC(C)C. The van der Waals surface area contributed by atoms with Crippen LogP contribution in [0.3, 0.4) is 0 Å². The fourth-order valence-electron chi connectivity index (χ4n) is 17.5. The minimum Gasteiger partial charge on any atom is -0.481 e. The van der Waals surface area contributed by atoms with Crippen LogP contribution in [0.15, 0.2) is 109 Å². The van der Waals surface area contributed by atoms with Crippen LogP contribution < -0.4 is 15.1 Å². The zero-order valence-electron chi connectivity index (χ0n) is 79.0. The summed E-state index contributed by atoms with van der Waals surface area (Å²) >= 11 is 9.39. The number of amides is 2. The van der Waals surface area contributed by atoms with E-state index in [1.54, 1.807) is 22.8 Å². The first-order valence-corrected chi connectivity index (χ1v) is 48.5. The molecule has 3 aromatic carbocycles. The third-order valence-corrected chi connectivity index (χ3v) is 28.0. The topological polar surface area (TPSA) is 400 Å². The number of aliphatic hydroxyl groups is 3. The second-order valence-corrected chi connectivity index (χ2v) is 39.8. The van der Waals surface area contributed by atoms with Crippen LogP contribution in [0.5, 0.6) is 0 Å². The molecule has 0 radical (unpaired) electrons. The minimum absolute atomic E-state index is 0.124. The fourth-order valence-corrected chi connectivity index (χ4v) is 20.8. The second-order valence-electron chi connectivity index (χ2n) is 36.3. The standard InChI is InChI=1S/C25H31NO5S.C22H27NO4S.C15H17NO2S.C10H15ClO3.C10H16O4.C10H18O3.C8H14O3/c1-15(2)26(24(28)19-12-11-16(3)13-21(19)31-17(4)27)20-14-22(18-9-7-6-8-10-18)32-23(20)25(29)30-5;1-13(2)23(21(25)16-10-9-14(3)11-18(16)24)17-12-19(28-20(17)22(26)27)15-7-5-4-6-8-15;1-10(2)16-12-9-13(11-7-5-4-6-8-11)19-14(12)15(17)18-3;1-6-3-4-8(10(11)13)9(5-6)14-7(2)12;1-6-3-4-8(10(12)13)9(5-6)14-7(2)11;1-3-13-10(12)8-5-4-7(2)6-9(8)11;1-5-2-3-6(8(10)11)7(9)4-5/h6-10,14-16,19,21H,11-13H2,1-5H3;4-8,12-14,16,18,24H,9-11H2,1-3H3,(H,26,27);4-10,16H,1-3H3;6,8-9H,3-5H2,1-2H3;6,8-9H,3-5H2,1-2H3,(H,12,13);7-9,11H,3-6H2,1-2H3;5-7,9H,2-4H2,1H3,(H,10,11). The highest BCUT2D eigenvalue weighted by molar-refractivity contribution is 7.18. The number of carbonyl (C=O) groups excluding carboxylic acids is 9. The van der Waals surface area contributed by atoms with Gasteiger partial charge in [0.1, 0.15) is 32.9 Å². The highest BCUT2D eigenvalue weighted by Gasteiger charge is 2.44. The Labute approximate surface area is 788 Å². The van der Waals surface area contributed by atoms with Crippen molar-refractivity contribution in [1.29, 1.82) is 0 Å². The van der Waals surface area contributed by atoms with E-state index in [9.17, 15) is 78.0 Å². The highest BCUT2D eigenvalue weighted by Crippen LogP contribution is 2.45. The monoisotopic (exact) mass is 1900 g/mol. The molecule has 0 aliphatic heterocycles. The van der Waals surface area contributed by atoms with Crippen LogP contribution in [0.25, 0.3) is 31.3 Å². The van der Waals surface area contributed by atoms with Gasteiger partial charge in [-0.05, 0) is 246 Å². The fraction of sp³-hybridized carbons (Fsp3) is 0.580. The van der Waals surface area contributed by atoms with Crippen molar-refractivity contribution in [3.8, 4) is 31.3 Å². The Morgan fingerprint density at radius 3 is 1.08 bits per heavy atom. The third kappa shape index (κ3) is 33.9. The summed E-state index contributed by atoms with van der Waals surface area (Å²) in [5, 5.41) is 59.7. The normalized spacial score (nSPS) is 24.9. The number of carboxylic acid groups (broad SMARTS) is 3. The summed E-state index contributed by atoms with van der Waals surface area (Å²) in [6.07, 6.45) is 10.6. The molecule has 722 valence electrons. The average molecular weight is 1900 g/mol. The summed E-state index contributed by atoms with van der Waals surface area (Å²) in [6.45, 7) is 30.4. The number of aliphatic carboxylic acids is 2. The van der Waals surface area contributed by atoms with Crippen molar-refractivity contribution in [2.75, 3.05) is 35.9 Å². The van der Waals surface area contributed by atoms with Gasteiger partial charge in [0.2, 0.25) is 17.1 Å². The predicted molar refractivity (Wildman–Crippen MR) is 509 cm³/mol. The van der Waals surface area contributed by atoms with Crippen LogP contribution >= 0.6 is 45.6 Å². The lowest BCUT2D eigenvalue weighted by atomic mass is 9.79. The summed E-state index contributed by atoms with van der Waals surface area (Å²) in [6, 6.07) is 34.9. The molecule has 131 heavy (non-hydrogen) atoms. The van der Waals surface area contributed by atoms with Crippen LogP contribution in [-0.4, -0.2) is 177 Å². The van der Waals surface area contributed by atoms with Gasteiger partial charge >= 0.3 is 53.7 Å². The quantitative estimate of drug-likeness (QED) is 0.0188. The number of rotatable bonds is 22. The number of nitrogens with zero attached hydrogens (tertiary/aromatic N) is 2. The number of thiophene rings is 3. The van der Waals surface area contributed by atoms with Crippen molar-refractivity contribution in [3.63, 3.8) is 0 Å². The number of ether oxygens (including phenoxy) is 6. The lowest BCUT2D eigenvalue weighted by Crippen LogP contribution is -2.48. The van der Waals surface area contributed by atoms with Crippen LogP contribution in [0.4, 0.5) is 17.1 Å². The maximum absolute atomic E-state index is 13.8. The number of halogens is 1. The van der Waals surface area contributed by atoms with Gasteiger partial charge in [-0.25, -0.2) is 14.4 Å². The maximum Gasteiger partial charge on any atom is 0.350 e. The number of hydrogen-bond acceptors (Lipinski definition) is 25. The van der Waals surface area contributed by atoms with Crippen molar-refractivity contribution in [3.05, 3.63) is 124 Å². The molecule has 0 saturated heterocycles. The average Bonchev–Trinajstić information content (AvgIpc) is 1.65. The number of nitrogens with one attached hydrogen (secondary N) is 1. The van der Waals surface area contributed by atoms with E-state index in [1.807, 2.05) is 152 Å². The van der Waals surface area contributed by atoms with Gasteiger partial charge in [0.05, 0.1) is 91.7 Å². The van der Waals surface area contributed by atoms with E-state index >= 15 is 0 Å². The Morgan fingerprint density at radius 2 is 0.725 bits per heavy atom. The molecule has 3 aromatic heterocycles. The number of benzene rings is 3. The number of anilines is 3. The lowest BCUT2D eigenvalue weighted by Gasteiger charge is -2.37. The number of aliphatic hydroxyl groups excluding tert-OH is 3. The molecule has 0 spiro atoms. The largest absolute Gasteiger partial charge is 0.481 e. The van der Waals surface area contributed by atoms with Crippen molar-refractivity contribution in [1.82, 2.24) is 0 Å². The Balaban J connectivity index is 0.000000244. The molecule has 6 fully saturated rings. The first-order chi connectivity index (χ1) is 61.9. The molecule has 27 nitrogen and oxygen atoms in total. The highest BCUT2D eigenvalue weighted by atomic mass is 35.5. The van der Waals surface area contributed by atoms with Gasteiger partial charge in [0.25, 0.3) is 0 Å². The van der Waals surface area contributed by atoms with E-state index in [1.165, 1.54) is 69.0 Å². The summed E-state index contributed by atoms with van der Waals surface area (Å²) in [4.78, 5) is 148. The molecular formula is C100H138ClN3O24S3. The minimum atomic E-state index is -1.04. The van der Waals surface area contributed by atoms with E-state index in [0.29, 0.717) is 115 Å². The molecule has 0 bridgehead atoms. The number of esters is 6. The molecule has 3 heterocycles. The van der Waals surface area contributed by atoms with E-state index < -0.39 is 84.0 Å². The summed E-state index contributed by atoms with van der Waals surface area (Å²) in [5.74, 6) is -5.03. The zero-order chi connectivity index (χ0) is 97.4. The van der Waals surface area contributed by atoms with E-state index in [0.717, 1.165) is 101 Å². The molecule has 2 amide bonds. The summed E-state index contributed by atoms with van der Waals surface area (Å²) < 4.78 is 30.4. The van der Waals surface area contributed by atoms with Gasteiger partial charge in [-0.3, -0.25) is 43.2 Å². The van der Waals surface area contributed by atoms with E-state index in [4.69, 9.17) is 50.2 Å². The molecule has 7 N–H and O–H groups in total. The van der Waals surface area contributed by atoms with Crippen LogP contribution in [0, 0.1) is 71.0 Å². The van der Waals surface area contributed by atoms with Gasteiger partial charge < -0.3 is 74.2 Å². The summed E-state index contributed by atoms with van der Waals surface area (Å²) in [7, 11) is 2.75. The smallest absolute Gasteiger partial charge is 0.350 e. The second kappa shape index (κ2) is 54.1.